The van der Waals surface area contributed by atoms with Gasteiger partial charge in [0.1, 0.15) is 6.10 Å². The van der Waals surface area contributed by atoms with E-state index in [0.29, 0.717) is 19.3 Å². The van der Waals surface area contributed by atoms with Crippen LogP contribution < -0.4 is 0 Å². The minimum atomic E-state index is -2.34. The molecular formula is C47H73O16. The molecule has 0 aromatic rings. The summed E-state index contributed by atoms with van der Waals surface area (Å²) in [6.07, 6.45) is 5.57. The molecule has 3 fully saturated rings. The van der Waals surface area contributed by atoms with Crippen molar-refractivity contribution in [1.82, 2.24) is 0 Å². The summed E-state index contributed by atoms with van der Waals surface area (Å²) in [5.41, 5.74) is -2.51. The van der Waals surface area contributed by atoms with Crippen molar-refractivity contribution in [2.45, 2.75) is 192 Å². The minimum absolute atomic E-state index is 0.0207. The van der Waals surface area contributed by atoms with Crippen LogP contribution >= 0.6 is 0 Å². The summed E-state index contributed by atoms with van der Waals surface area (Å²) in [5, 5.41) is 46.7. The zero-order valence-corrected chi connectivity index (χ0v) is 38.6. The second kappa shape index (κ2) is 22.8. The molecule has 0 aromatic heterocycles. The molecule has 4 N–H and O–H groups in total. The van der Waals surface area contributed by atoms with Crippen LogP contribution in [0.3, 0.4) is 0 Å². The number of hydrogen-bond acceptors (Lipinski definition) is 16. The maximum atomic E-state index is 13.4. The monoisotopic (exact) mass is 893 g/mol. The van der Waals surface area contributed by atoms with Gasteiger partial charge in [0.2, 0.25) is 5.79 Å². The number of unbranched alkanes of at least 4 members (excludes halogenated alkanes) is 1. The largest absolute Gasteiger partial charge is 0.469 e. The van der Waals surface area contributed by atoms with E-state index in [1.165, 1.54) is 40.2 Å². The number of fused-ring (bicyclic) bond motifs is 6. The summed E-state index contributed by atoms with van der Waals surface area (Å²) >= 11 is 0. The standard InChI is InChI=1S/C47H73O16/c1-10-11-12-13-14-17-40(51)61-43-32(25-42(53)57-9)24-35-26-37(29(2)48)60-39(50)18-15-16-34-27-38(58-30(3)49)45(6,7)46(54,62-34)28-36-22-31(23-41(52)56-8)21-33(59-36)19-20-44(4,5)47(43,55)63-35/h12-14,17,19-21,29-38,43,48-49,54-55H,10-11,15-16,18,22-28H2,1-9H3/b13-12+,17-14+,20-19+/t29-,30+,31?,32+,33?,34-,35+,36+,37-,38+,43+,46+,47-/m1/s1. The predicted molar refractivity (Wildman–Crippen MR) is 228 cm³/mol. The molecule has 4 heterocycles. The third-order valence-corrected chi connectivity index (χ3v) is 13.0. The lowest BCUT2D eigenvalue weighted by atomic mass is 9.70. The topological polar surface area (TPSA) is 223 Å². The Morgan fingerprint density at radius 3 is 2.27 bits per heavy atom. The number of methoxy groups -OCH3 is 2. The number of rotatable bonds is 12. The van der Waals surface area contributed by atoms with Gasteiger partial charge in [-0.15, -0.1) is 0 Å². The van der Waals surface area contributed by atoms with Gasteiger partial charge in [0, 0.05) is 54.9 Å². The zero-order chi connectivity index (χ0) is 46.8. The number of carbonyl (C=O) groups excluding carboxylic acids is 4. The van der Waals surface area contributed by atoms with Gasteiger partial charge in [-0.05, 0) is 58.3 Å². The number of esters is 4. The number of ether oxygens (including phenoxy) is 8. The van der Waals surface area contributed by atoms with Crippen molar-refractivity contribution in [1.29, 1.82) is 0 Å². The molecule has 0 saturated carbocycles. The van der Waals surface area contributed by atoms with Crippen LogP contribution in [0.5, 0.6) is 0 Å². The van der Waals surface area contributed by atoms with Crippen molar-refractivity contribution in [3.8, 4) is 0 Å². The summed E-state index contributed by atoms with van der Waals surface area (Å²) in [5.74, 6) is -7.91. The Bertz CT molecular complexity index is 1620. The van der Waals surface area contributed by atoms with Gasteiger partial charge in [-0.2, -0.15) is 0 Å². The molecule has 16 heteroatoms. The lowest BCUT2D eigenvalue weighted by molar-refractivity contribution is -0.360. The molecule has 357 valence electrons. The highest BCUT2D eigenvalue weighted by molar-refractivity contribution is 5.82. The van der Waals surface area contributed by atoms with E-state index in [-0.39, 0.29) is 50.9 Å². The van der Waals surface area contributed by atoms with Gasteiger partial charge < -0.3 is 58.3 Å². The molecule has 0 aromatic carbocycles. The summed E-state index contributed by atoms with van der Waals surface area (Å²) in [6.45, 7) is 11.9. The second-order valence-electron chi connectivity index (χ2n) is 18.7. The summed E-state index contributed by atoms with van der Waals surface area (Å²) in [6, 6.07) is 0. The molecule has 4 rings (SSSR count). The molecule has 4 aliphatic heterocycles. The van der Waals surface area contributed by atoms with Crippen molar-refractivity contribution < 1.29 is 77.5 Å². The normalized spacial score (nSPS) is 36.7. The molecule has 0 aliphatic carbocycles. The van der Waals surface area contributed by atoms with Crippen LogP contribution in [-0.4, -0.2) is 125 Å². The molecule has 1 radical (unpaired) electrons. The minimum Gasteiger partial charge on any atom is -0.469 e. The lowest BCUT2D eigenvalue weighted by Gasteiger charge is -2.54. The average Bonchev–Trinajstić information content (AvgIpc) is 3.19. The van der Waals surface area contributed by atoms with E-state index < -0.39 is 107 Å². The average molecular weight is 894 g/mol. The Morgan fingerprint density at radius 1 is 0.921 bits per heavy atom. The van der Waals surface area contributed by atoms with Crippen molar-refractivity contribution in [2.24, 2.45) is 22.7 Å². The van der Waals surface area contributed by atoms with Crippen molar-refractivity contribution in [3.63, 3.8) is 0 Å². The van der Waals surface area contributed by atoms with E-state index in [4.69, 9.17) is 37.9 Å². The maximum Gasteiger partial charge on any atom is 0.331 e. The Morgan fingerprint density at radius 2 is 1.62 bits per heavy atom. The molecule has 13 atom stereocenters. The van der Waals surface area contributed by atoms with Crippen molar-refractivity contribution >= 4 is 23.9 Å². The Hall–Kier alpha value is -3.22. The smallest absolute Gasteiger partial charge is 0.331 e. The number of allylic oxidation sites excluding steroid dienone is 3. The van der Waals surface area contributed by atoms with E-state index in [9.17, 15) is 39.6 Å². The first kappa shape index (κ1) is 52.4. The molecule has 16 nitrogen and oxygen atoms in total. The number of aliphatic hydroxyl groups excluding tert-OH is 2. The molecule has 4 aliphatic rings. The number of carbonyl (C=O) groups is 4. The third kappa shape index (κ3) is 13.9. The summed E-state index contributed by atoms with van der Waals surface area (Å²) in [7, 11) is 2.53. The highest BCUT2D eigenvalue weighted by Crippen LogP contribution is 2.51. The molecule has 2 unspecified atom stereocenters. The number of aliphatic hydroxyl groups is 4. The molecular weight excluding hydrogens is 821 g/mol. The van der Waals surface area contributed by atoms with Gasteiger partial charge in [-0.25, -0.2) is 4.79 Å². The van der Waals surface area contributed by atoms with Gasteiger partial charge in [0.25, 0.3) is 0 Å². The molecule has 63 heavy (non-hydrogen) atoms. The van der Waals surface area contributed by atoms with E-state index in [1.807, 2.05) is 19.4 Å². The van der Waals surface area contributed by atoms with E-state index in [1.54, 1.807) is 45.9 Å². The van der Waals surface area contributed by atoms with Gasteiger partial charge in [-0.3, -0.25) is 14.4 Å². The highest BCUT2D eigenvalue weighted by atomic mass is 16.7. The van der Waals surface area contributed by atoms with Gasteiger partial charge in [0.05, 0.1) is 57.3 Å². The van der Waals surface area contributed by atoms with Crippen molar-refractivity contribution in [3.05, 3.63) is 42.9 Å². The first-order valence-electron chi connectivity index (χ1n) is 22.4. The van der Waals surface area contributed by atoms with Crippen LogP contribution in [0.15, 0.2) is 36.5 Å². The Balaban J connectivity index is 1.83. The fourth-order valence-corrected chi connectivity index (χ4v) is 9.09. The molecule has 0 amide bonds. The molecule has 6 bridgehead atoms. The van der Waals surface area contributed by atoms with Crippen LogP contribution in [0.25, 0.3) is 0 Å². The van der Waals surface area contributed by atoms with E-state index >= 15 is 0 Å². The van der Waals surface area contributed by atoms with Gasteiger partial charge in [-0.1, -0.05) is 71.4 Å². The summed E-state index contributed by atoms with van der Waals surface area (Å²) in [4.78, 5) is 52.5. The first-order chi connectivity index (χ1) is 29.6. The van der Waals surface area contributed by atoms with Crippen LogP contribution in [-0.2, 0) is 57.1 Å². The third-order valence-electron chi connectivity index (χ3n) is 13.0. The second-order valence-corrected chi connectivity index (χ2v) is 18.7. The zero-order valence-electron chi connectivity index (χ0n) is 38.6. The Labute approximate surface area is 372 Å². The van der Waals surface area contributed by atoms with Gasteiger partial charge >= 0.3 is 23.9 Å². The lowest BCUT2D eigenvalue weighted by Crippen LogP contribution is -2.64. The van der Waals surface area contributed by atoms with Gasteiger partial charge in [0.15, 0.2) is 18.2 Å². The van der Waals surface area contributed by atoms with Crippen LogP contribution in [0.4, 0.5) is 0 Å². The fraction of sp³-hybridized carbons (Fsp3) is 0.766. The maximum absolute atomic E-state index is 13.4. The van der Waals surface area contributed by atoms with Crippen LogP contribution in [0.1, 0.15) is 126 Å². The quantitative estimate of drug-likeness (QED) is 0.0501. The molecule has 3 saturated heterocycles. The van der Waals surface area contributed by atoms with Crippen LogP contribution in [0.2, 0.25) is 0 Å². The highest BCUT2D eigenvalue weighted by Gasteiger charge is 2.60. The fourth-order valence-electron chi connectivity index (χ4n) is 9.09. The molecule has 0 spiro atoms. The Kier molecular flexibility index (Phi) is 19.0. The van der Waals surface area contributed by atoms with Crippen molar-refractivity contribution in [2.75, 3.05) is 14.2 Å². The number of hydrogen-bond donors (Lipinski definition) is 4. The first-order valence-corrected chi connectivity index (χ1v) is 22.4. The number of cyclic esters (lactones) is 1. The van der Waals surface area contributed by atoms with E-state index in [2.05, 4.69) is 0 Å². The van der Waals surface area contributed by atoms with Crippen LogP contribution in [0, 0.1) is 29.1 Å². The predicted octanol–water partition coefficient (Wildman–Crippen LogP) is 5.07. The SMILES string of the molecule is CCC/C=C/C=C/C(=O)O[C@H]1[C@H](CC(=O)OC)C[C@H]2C[C@H]([C@@H](C)O)OC(=O)CCC[C@@H]3C[C@H](O[C@@H](C)O)C(C)(C)[C@](O)(C[C@@H]4CC(CC(=O)OC)[CH]C(/C=C/C(C)(C)[C@]1(O)O2)O4)O3. The van der Waals surface area contributed by atoms with E-state index in [0.717, 1.165) is 12.8 Å². The summed E-state index contributed by atoms with van der Waals surface area (Å²) < 4.78 is 47.6.